The molecule has 122 valence electrons. The van der Waals surface area contributed by atoms with E-state index in [4.69, 9.17) is 11.6 Å². The molecule has 0 bridgehead atoms. The summed E-state index contributed by atoms with van der Waals surface area (Å²) in [4.78, 5) is 23.0. The summed E-state index contributed by atoms with van der Waals surface area (Å²) in [6, 6.07) is 0. The number of carbonyl (C=O) groups is 1. The van der Waals surface area contributed by atoms with Crippen molar-refractivity contribution in [3.63, 3.8) is 0 Å². The monoisotopic (exact) mass is 325 g/mol. The molecule has 1 fully saturated rings. The predicted octanol–water partition coefficient (Wildman–Crippen LogP) is 2.88. The smallest absolute Gasteiger partial charge is 0.274 e. The van der Waals surface area contributed by atoms with Crippen molar-refractivity contribution < 1.29 is 9.90 Å². The van der Waals surface area contributed by atoms with Crippen molar-refractivity contribution in [2.75, 3.05) is 19.7 Å². The maximum absolute atomic E-state index is 12.7. The van der Waals surface area contributed by atoms with Gasteiger partial charge in [-0.25, -0.2) is 9.97 Å². The molecule has 0 spiro atoms. The van der Waals surface area contributed by atoms with Gasteiger partial charge in [-0.15, -0.1) is 0 Å². The first kappa shape index (κ1) is 17.2. The molecule has 6 heteroatoms. The number of halogens is 1. The van der Waals surface area contributed by atoms with E-state index in [9.17, 15) is 9.90 Å². The summed E-state index contributed by atoms with van der Waals surface area (Å²) in [5.41, 5.74) is 0.0933. The van der Waals surface area contributed by atoms with Crippen LogP contribution in [0, 0.1) is 5.41 Å². The lowest BCUT2D eigenvalue weighted by molar-refractivity contribution is 0.0723. The lowest BCUT2D eigenvalue weighted by Crippen LogP contribution is -2.34. The number of carbonyl (C=O) groups excluding carboxylic acids is 1. The molecule has 1 aromatic rings. The molecule has 0 aromatic carbocycles. The molecule has 1 atom stereocenters. The van der Waals surface area contributed by atoms with Crippen LogP contribution >= 0.6 is 11.6 Å². The van der Waals surface area contributed by atoms with Crippen molar-refractivity contribution in [2.45, 2.75) is 46.0 Å². The molecule has 1 aliphatic rings. The summed E-state index contributed by atoms with van der Waals surface area (Å²) >= 11 is 6.12. The lowest BCUT2D eigenvalue weighted by Gasteiger charge is -2.26. The zero-order valence-electron chi connectivity index (χ0n) is 13.5. The minimum Gasteiger partial charge on any atom is -0.396 e. The SMILES string of the molecule is CCCC1(CO)CCN(C(=O)c2nc(C(C)C)ncc2Cl)C1. The number of aliphatic hydroxyl groups excluding tert-OH is 1. The number of aromatic nitrogens is 2. The highest BCUT2D eigenvalue weighted by atomic mass is 35.5. The average molecular weight is 326 g/mol. The molecule has 1 unspecified atom stereocenters. The second kappa shape index (κ2) is 6.92. The number of hydrogen-bond acceptors (Lipinski definition) is 4. The molecule has 1 aliphatic heterocycles. The second-order valence-corrected chi connectivity index (χ2v) is 6.87. The molecule has 2 rings (SSSR count). The molecule has 1 saturated heterocycles. The van der Waals surface area contributed by atoms with Gasteiger partial charge < -0.3 is 10.0 Å². The molecular weight excluding hydrogens is 302 g/mol. The van der Waals surface area contributed by atoms with Crippen molar-refractivity contribution in [1.82, 2.24) is 14.9 Å². The maximum atomic E-state index is 12.7. The summed E-state index contributed by atoms with van der Waals surface area (Å²) in [5, 5.41) is 9.98. The van der Waals surface area contributed by atoms with E-state index in [0.29, 0.717) is 18.9 Å². The summed E-state index contributed by atoms with van der Waals surface area (Å²) in [6.07, 6.45) is 4.23. The summed E-state index contributed by atoms with van der Waals surface area (Å²) in [5.74, 6) is 0.591. The third kappa shape index (κ3) is 3.41. The minimum absolute atomic E-state index is 0.110. The molecule has 1 aromatic heterocycles. The Morgan fingerprint density at radius 3 is 2.86 bits per heavy atom. The Balaban J connectivity index is 2.21. The zero-order chi connectivity index (χ0) is 16.3. The predicted molar refractivity (Wildman–Crippen MR) is 86.1 cm³/mol. The number of rotatable bonds is 5. The van der Waals surface area contributed by atoms with Gasteiger partial charge in [0.1, 0.15) is 5.82 Å². The molecule has 0 saturated carbocycles. The van der Waals surface area contributed by atoms with Crippen LogP contribution in [0.15, 0.2) is 6.20 Å². The molecule has 22 heavy (non-hydrogen) atoms. The lowest BCUT2D eigenvalue weighted by atomic mass is 9.83. The normalized spacial score (nSPS) is 21.6. The molecule has 0 radical (unpaired) electrons. The van der Waals surface area contributed by atoms with Crippen LogP contribution in [0.1, 0.15) is 62.3 Å². The Morgan fingerprint density at radius 1 is 1.55 bits per heavy atom. The van der Waals surface area contributed by atoms with E-state index in [1.54, 1.807) is 4.90 Å². The summed E-state index contributed by atoms with van der Waals surface area (Å²) < 4.78 is 0. The standard InChI is InChI=1S/C16H24ClN3O2/c1-4-5-16(10-21)6-7-20(9-16)15(22)13-12(17)8-18-14(19-13)11(2)3/h8,11,21H,4-7,9-10H2,1-3H3. The van der Waals surface area contributed by atoms with Gasteiger partial charge in [0.2, 0.25) is 0 Å². The third-order valence-electron chi connectivity index (χ3n) is 4.32. The fourth-order valence-corrected chi connectivity index (χ4v) is 3.18. The Hall–Kier alpha value is -1.20. The van der Waals surface area contributed by atoms with Crippen LogP contribution in [0.3, 0.4) is 0 Å². The van der Waals surface area contributed by atoms with Gasteiger partial charge in [-0.3, -0.25) is 4.79 Å². The van der Waals surface area contributed by atoms with Crippen LogP contribution in [-0.2, 0) is 0 Å². The fraction of sp³-hybridized carbons (Fsp3) is 0.688. The minimum atomic E-state index is -0.176. The van der Waals surface area contributed by atoms with Crippen LogP contribution in [0.4, 0.5) is 0 Å². The van der Waals surface area contributed by atoms with Gasteiger partial charge in [-0.2, -0.15) is 0 Å². The highest BCUT2D eigenvalue weighted by Gasteiger charge is 2.39. The van der Waals surface area contributed by atoms with Gasteiger partial charge in [0, 0.05) is 24.4 Å². The van der Waals surface area contributed by atoms with Gasteiger partial charge in [0.05, 0.1) is 17.8 Å². The first-order chi connectivity index (χ1) is 10.4. The van der Waals surface area contributed by atoms with Crippen molar-refractivity contribution in [1.29, 1.82) is 0 Å². The van der Waals surface area contributed by atoms with E-state index >= 15 is 0 Å². The third-order valence-corrected chi connectivity index (χ3v) is 4.60. The van der Waals surface area contributed by atoms with Crippen LogP contribution in [-0.4, -0.2) is 45.6 Å². The van der Waals surface area contributed by atoms with Crippen LogP contribution in [0.5, 0.6) is 0 Å². The Labute approximate surface area is 136 Å². The van der Waals surface area contributed by atoms with E-state index < -0.39 is 0 Å². The Bertz CT molecular complexity index is 550. The number of likely N-dealkylation sites (tertiary alicyclic amines) is 1. The first-order valence-electron chi connectivity index (χ1n) is 7.85. The topological polar surface area (TPSA) is 66.3 Å². The van der Waals surface area contributed by atoms with Crippen LogP contribution < -0.4 is 0 Å². The maximum Gasteiger partial charge on any atom is 0.274 e. The molecular formula is C16H24ClN3O2. The summed E-state index contributed by atoms with van der Waals surface area (Å²) in [7, 11) is 0. The van der Waals surface area contributed by atoms with Gasteiger partial charge in [-0.05, 0) is 12.8 Å². The van der Waals surface area contributed by atoms with E-state index in [1.807, 2.05) is 13.8 Å². The summed E-state index contributed by atoms with van der Waals surface area (Å²) in [6.45, 7) is 7.36. The van der Waals surface area contributed by atoms with Crippen molar-refractivity contribution in [3.8, 4) is 0 Å². The first-order valence-corrected chi connectivity index (χ1v) is 8.23. The van der Waals surface area contributed by atoms with Crippen molar-refractivity contribution >= 4 is 17.5 Å². The Kier molecular flexibility index (Phi) is 5.40. The van der Waals surface area contributed by atoms with Crippen molar-refractivity contribution in [2.24, 2.45) is 5.41 Å². The molecule has 1 amide bonds. The zero-order valence-corrected chi connectivity index (χ0v) is 14.2. The fourth-order valence-electron chi connectivity index (χ4n) is 3.01. The number of amides is 1. The van der Waals surface area contributed by atoms with Crippen molar-refractivity contribution in [3.05, 3.63) is 22.7 Å². The largest absolute Gasteiger partial charge is 0.396 e. The second-order valence-electron chi connectivity index (χ2n) is 6.46. The molecule has 1 N–H and O–H groups in total. The van der Waals surface area contributed by atoms with Crippen LogP contribution in [0.2, 0.25) is 5.02 Å². The van der Waals surface area contributed by atoms with Gasteiger partial charge in [-0.1, -0.05) is 38.8 Å². The van der Waals surface area contributed by atoms with E-state index in [0.717, 1.165) is 19.3 Å². The number of aliphatic hydroxyl groups is 1. The molecule has 2 heterocycles. The van der Waals surface area contributed by atoms with E-state index in [-0.39, 0.29) is 34.6 Å². The Morgan fingerprint density at radius 2 is 2.27 bits per heavy atom. The average Bonchev–Trinajstić information content (AvgIpc) is 2.92. The number of nitrogens with zero attached hydrogens (tertiary/aromatic N) is 3. The van der Waals surface area contributed by atoms with Gasteiger partial charge in [0.25, 0.3) is 5.91 Å². The van der Waals surface area contributed by atoms with E-state index in [2.05, 4.69) is 16.9 Å². The van der Waals surface area contributed by atoms with Gasteiger partial charge in [0.15, 0.2) is 5.69 Å². The van der Waals surface area contributed by atoms with Gasteiger partial charge >= 0.3 is 0 Å². The van der Waals surface area contributed by atoms with E-state index in [1.165, 1.54) is 6.20 Å². The highest BCUT2D eigenvalue weighted by molar-refractivity contribution is 6.33. The molecule has 0 aliphatic carbocycles. The highest BCUT2D eigenvalue weighted by Crippen LogP contribution is 2.35. The number of hydrogen-bond donors (Lipinski definition) is 1. The quantitative estimate of drug-likeness (QED) is 0.904. The molecule has 5 nitrogen and oxygen atoms in total. The van der Waals surface area contributed by atoms with Crippen LogP contribution in [0.25, 0.3) is 0 Å².